The Bertz CT molecular complexity index is 421. The van der Waals surface area contributed by atoms with E-state index in [0.29, 0.717) is 6.42 Å². The minimum absolute atomic E-state index is 0.211. The summed E-state index contributed by atoms with van der Waals surface area (Å²) in [4.78, 5) is 16.4. The third-order valence-electron chi connectivity index (χ3n) is 4.59. The van der Waals surface area contributed by atoms with Crippen LogP contribution in [0.4, 0.5) is 0 Å². The molecule has 26 heavy (non-hydrogen) atoms. The summed E-state index contributed by atoms with van der Waals surface area (Å²) < 4.78 is 5.09. The van der Waals surface area contributed by atoms with E-state index in [2.05, 4.69) is 24.2 Å². The van der Waals surface area contributed by atoms with Gasteiger partial charge in [-0.3, -0.25) is 4.79 Å². The summed E-state index contributed by atoms with van der Waals surface area (Å²) in [6.07, 6.45) is 21.3. The molecule has 0 amide bonds. The molecule has 1 atom stereocenters. The predicted molar refractivity (Wildman–Crippen MR) is 107 cm³/mol. The molecule has 0 spiro atoms. The number of hydrogen-bond donors (Lipinski definition) is 1. The molecule has 0 unspecified atom stereocenters. The van der Waals surface area contributed by atoms with Crippen LogP contribution in [-0.4, -0.2) is 24.5 Å². The van der Waals surface area contributed by atoms with E-state index in [1.807, 2.05) is 0 Å². The summed E-state index contributed by atoms with van der Waals surface area (Å²) in [5.74, 6) is -0.0509. The number of hydrogen-bond acceptors (Lipinski definition) is 5. The summed E-state index contributed by atoms with van der Waals surface area (Å²) in [5, 5.41) is 3.62. The van der Waals surface area contributed by atoms with Crippen LogP contribution < -0.4 is 5.73 Å². The van der Waals surface area contributed by atoms with Gasteiger partial charge in [-0.1, -0.05) is 70.4 Å². The lowest BCUT2D eigenvalue weighted by molar-refractivity contribution is -0.135. The molecule has 2 N–H and O–H groups in total. The van der Waals surface area contributed by atoms with Crippen molar-refractivity contribution in [3.63, 3.8) is 0 Å². The molecule has 0 aromatic carbocycles. The number of unbranched alkanes of at least 4 members (excludes halogenated alkanes) is 11. The second-order valence-corrected chi connectivity index (χ2v) is 7.14. The minimum Gasteiger partial charge on any atom is -0.406 e. The number of oxime groups is 1. The Balaban J connectivity index is 1.81. The van der Waals surface area contributed by atoms with Crippen LogP contribution in [-0.2, 0) is 14.4 Å². The van der Waals surface area contributed by atoms with Crippen LogP contribution in [0.1, 0.15) is 96.8 Å². The van der Waals surface area contributed by atoms with Gasteiger partial charge in [-0.15, -0.1) is 0 Å². The molecular formula is C21H38N2O3. The van der Waals surface area contributed by atoms with Crippen molar-refractivity contribution < 1.29 is 14.4 Å². The molecule has 0 saturated carbocycles. The topological polar surface area (TPSA) is 73.9 Å². The average molecular weight is 367 g/mol. The van der Waals surface area contributed by atoms with Crippen LogP contribution in [0.2, 0.25) is 0 Å². The normalized spacial score (nSPS) is 16.7. The molecule has 0 aromatic rings. The first-order valence-corrected chi connectivity index (χ1v) is 10.5. The van der Waals surface area contributed by atoms with Gasteiger partial charge in [-0.25, -0.2) is 0 Å². The van der Waals surface area contributed by atoms with Gasteiger partial charge >= 0.3 is 5.97 Å². The van der Waals surface area contributed by atoms with E-state index in [4.69, 9.17) is 15.3 Å². The molecule has 0 saturated heterocycles. The van der Waals surface area contributed by atoms with Crippen LogP contribution in [0, 0.1) is 0 Å². The Kier molecular flexibility index (Phi) is 13.8. The van der Waals surface area contributed by atoms with Gasteiger partial charge in [0.2, 0.25) is 0 Å². The largest absolute Gasteiger partial charge is 0.406 e. The first-order chi connectivity index (χ1) is 12.7. The number of allylic oxidation sites excluding steroid dienone is 2. The van der Waals surface area contributed by atoms with Gasteiger partial charge in [0.25, 0.3) is 5.90 Å². The number of ether oxygens (including phenoxy) is 1. The monoisotopic (exact) mass is 366 g/mol. The van der Waals surface area contributed by atoms with Crippen molar-refractivity contribution in [3.8, 4) is 0 Å². The van der Waals surface area contributed by atoms with E-state index in [1.54, 1.807) is 0 Å². The van der Waals surface area contributed by atoms with Gasteiger partial charge < -0.3 is 15.3 Å². The van der Waals surface area contributed by atoms with E-state index < -0.39 is 6.04 Å². The van der Waals surface area contributed by atoms with Gasteiger partial charge in [0, 0.05) is 6.42 Å². The maximum Gasteiger partial charge on any atom is 0.312 e. The first-order valence-electron chi connectivity index (χ1n) is 10.5. The first kappa shape index (κ1) is 22.7. The van der Waals surface area contributed by atoms with Crippen molar-refractivity contribution in [1.82, 2.24) is 0 Å². The number of esters is 1. The summed E-state index contributed by atoms with van der Waals surface area (Å²) in [5.41, 5.74) is 5.67. The molecule has 150 valence electrons. The molecule has 0 radical (unpaired) electrons. The summed E-state index contributed by atoms with van der Waals surface area (Å²) >= 11 is 0. The van der Waals surface area contributed by atoms with Crippen molar-refractivity contribution in [1.29, 1.82) is 0 Å². The fraction of sp³-hybridized carbons (Fsp3) is 0.810. The maximum absolute atomic E-state index is 11.7. The molecule has 5 heteroatoms. The average Bonchev–Trinajstić information content (AvgIpc) is 3.03. The molecular weight excluding hydrogens is 328 g/mol. The molecule has 0 bridgehead atoms. The molecule has 5 nitrogen and oxygen atoms in total. The summed E-state index contributed by atoms with van der Waals surface area (Å²) in [6.45, 7) is 2.55. The molecule has 0 aromatic heterocycles. The number of rotatable bonds is 15. The second-order valence-electron chi connectivity index (χ2n) is 7.14. The quantitative estimate of drug-likeness (QED) is 0.244. The van der Waals surface area contributed by atoms with Crippen molar-refractivity contribution in [2.24, 2.45) is 10.9 Å². The lowest BCUT2D eigenvalue weighted by Gasteiger charge is -2.05. The molecule has 0 aliphatic carbocycles. The van der Waals surface area contributed by atoms with Crippen LogP contribution in [0.25, 0.3) is 0 Å². The van der Waals surface area contributed by atoms with Crippen molar-refractivity contribution in [2.45, 2.75) is 103 Å². The Morgan fingerprint density at radius 1 is 1.04 bits per heavy atom. The fourth-order valence-electron chi connectivity index (χ4n) is 2.92. The molecule has 1 rings (SSSR count). The van der Waals surface area contributed by atoms with E-state index in [1.165, 1.54) is 70.6 Å². The SMILES string of the molecule is CCCCCCCC/C=C/CCCCCCCC(=O)OC1=NOC[C@H]1N. The van der Waals surface area contributed by atoms with Crippen LogP contribution in [0.3, 0.4) is 0 Å². The zero-order valence-electron chi connectivity index (χ0n) is 16.6. The van der Waals surface area contributed by atoms with Gasteiger partial charge in [-0.05, 0) is 37.3 Å². The molecule has 1 heterocycles. The number of nitrogens with zero attached hydrogens (tertiary/aromatic N) is 1. The lowest BCUT2D eigenvalue weighted by Crippen LogP contribution is -2.33. The van der Waals surface area contributed by atoms with Crippen LogP contribution in [0.15, 0.2) is 17.3 Å². The standard InChI is InChI=1S/C21H38N2O3/c1-2-3-4-5-6-7-8-9-10-11-12-13-14-15-16-17-20(24)26-21-19(22)18-25-23-21/h9-10,19H,2-8,11-18,22H2,1H3/b10-9+/t19-/m1/s1. The van der Waals surface area contributed by atoms with Crippen molar-refractivity contribution in [2.75, 3.05) is 6.61 Å². The zero-order valence-corrected chi connectivity index (χ0v) is 16.6. The van der Waals surface area contributed by atoms with Crippen molar-refractivity contribution >= 4 is 11.9 Å². The highest BCUT2D eigenvalue weighted by atomic mass is 16.7. The van der Waals surface area contributed by atoms with Gasteiger partial charge in [0.15, 0.2) is 0 Å². The third-order valence-corrected chi connectivity index (χ3v) is 4.59. The smallest absolute Gasteiger partial charge is 0.312 e. The van der Waals surface area contributed by atoms with E-state index in [-0.39, 0.29) is 18.5 Å². The van der Waals surface area contributed by atoms with E-state index in [9.17, 15) is 4.79 Å². The fourth-order valence-corrected chi connectivity index (χ4v) is 2.92. The Morgan fingerprint density at radius 2 is 1.62 bits per heavy atom. The highest BCUT2D eigenvalue weighted by molar-refractivity contribution is 5.92. The third kappa shape index (κ3) is 12.1. The van der Waals surface area contributed by atoms with Gasteiger partial charge in [-0.2, -0.15) is 0 Å². The summed E-state index contributed by atoms with van der Waals surface area (Å²) in [7, 11) is 0. The van der Waals surface area contributed by atoms with E-state index in [0.717, 1.165) is 12.8 Å². The summed E-state index contributed by atoms with van der Waals surface area (Å²) in [6, 6.07) is -0.409. The van der Waals surface area contributed by atoms with Crippen LogP contribution in [0.5, 0.6) is 0 Å². The van der Waals surface area contributed by atoms with E-state index >= 15 is 0 Å². The number of nitrogens with two attached hydrogens (primary N) is 1. The maximum atomic E-state index is 11.7. The Labute approximate surface area is 159 Å². The molecule has 0 fully saturated rings. The van der Waals surface area contributed by atoms with Crippen LogP contribution >= 0.6 is 0 Å². The Hall–Kier alpha value is -1.36. The highest BCUT2D eigenvalue weighted by Gasteiger charge is 2.23. The highest BCUT2D eigenvalue weighted by Crippen LogP contribution is 2.11. The number of carbonyl (C=O) groups excluding carboxylic acids is 1. The molecule has 1 aliphatic heterocycles. The Morgan fingerprint density at radius 3 is 2.19 bits per heavy atom. The van der Waals surface area contributed by atoms with Gasteiger partial charge in [0.05, 0.1) is 0 Å². The lowest BCUT2D eigenvalue weighted by atomic mass is 10.1. The molecule has 1 aliphatic rings. The zero-order chi connectivity index (χ0) is 18.9. The second kappa shape index (κ2) is 15.9. The minimum atomic E-state index is -0.409. The number of carbonyl (C=O) groups is 1. The van der Waals surface area contributed by atoms with Crippen molar-refractivity contribution in [3.05, 3.63) is 12.2 Å². The predicted octanol–water partition coefficient (Wildman–Crippen LogP) is 5.24. The van der Waals surface area contributed by atoms with Gasteiger partial charge in [0.1, 0.15) is 12.6 Å².